The molecule has 6 nitrogen and oxygen atoms in total. The second-order valence-corrected chi connectivity index (χ2v) is 6.79. The number of nitrogens with two attached hydrogens (primary N) is 1. The van der Waals surface area contributed by atoms with Gasteiger partial charge in [0.2, 0.25) is 15.9 Å². The lowest BCUT2D eigenvalue weighted by Gasteiger charge is -2.31. The zero-order valence-corrected chi connectivity index (χ0v) is 12.1. The van der Waals surface area contributed by atoms with Crippen molar-refractivity contribution in [1.82, 2.24) is 5.32 Å². The minimum Gasteiger partial charge on any atom is -0.382 e. The Morgan fingerprint density at radius 1 is 1.45 bits per heavy atom. The summed E-state index contributed by atoms with van der Waals surface area (Å²) in [6, 6.07) is 7.86. The van der Waals surface area contributed by atoms with Gasteiger partial charge in [-0.2, -0.15) is 0 Å². The number of fused-ring (bicyclic) bond motifs is 1. The normalized spacial score (nSPS) is 21.7. The first-order chi connectivity index (χ1) is 9.37. The Balaban J connectivity index is 1.97. The highest BCUT2D eigenvalue weighted by Gasteiger charge is 2.30. The van der Waals surface area contributed by atoms with E-state index in [1.54, 1.807) is 0 Å². The van der Waals surface area contributed by atoms with E-state index >= 15 is 0 Å². The molecule has 0 aromatic heterocycles. The lowest BCUT2D eigenvalue weighted by molar-refractivity contribution is -0.125. The van der Waals surface area contributed by atoms with Crippen LogP contribution >= 0.6 is 0 Å². The van der Waals surface area contributed by atoms with Crippen LogP contribution < -0.4 is 15.8 Å². The van der Waals surface area contributed by atoms with Crippen molar-refractivity contribution in [1.29, 1.82) is 0 Å². The predicted octanol–water partition coefficient (Wildman–Crippen LogP) is 0.0640. The molecule has 1 aliphatic heterocycles. The van der Waals surface area contributed by atoms with Crippen molar-refractivity contribution in [3.8, 4) is 0 Å². The average Bonchev–Trinajstić information content (AvgIpc) is 2.36. The van der Waals surface area contributed by atoms with Crippen molar-refractivity contribution in [3.63, 3.8) is 0 Å². The van der Waals surface area contributed by atoms with E-state index in [1.807, 2.05) is 31.2 Å². The van der Waals surface area contributed by atoms with Crippen LogP contribution in [0.15, 0.2) is 24.3 Å². The van der Waals surface area contributed by atoms with Gasteiger partial charge in [-0.05, 0) is 25.0 Å². The number of rotatable bonds is 4. The number of carbonyl (C=O) groups excluding carboxylic acids is 1. The van der Waals surface area contributed by atoms with Crippen molar-refractivity contribution in [2.24, 2.45) is 11.1 Å². The second kappa shape index (κ2) is 5.80. The molecule has 0 bridgehead atoms. The molecular weight excluding hydrogens is 278 g/mol. The van der Waals surface area contributed by atoms with Crippen molar-refractivity contribution in [2.75, 3.05) is 17.6 Å². The van der Waals surface area contributed by atoms with Gasteiger partial charge in [0, 0.05) is 18.3 Å². The van der Waals surface area contributed by atoms with E-state index in [9.17, 15) is 13.2 Å². The zero-order chi connectivity index (χ0) is 14.8. The number of para-hydroxylation sites is 1. The monoisotopic (exact) mass is 297 g/mol. The molecule has 1 aliphatic rings. The Hall–Kier alpha value is -1.60. The maximum atomic E-state index is 12.1. The van der Waals surface area contributed by atoms with Crippen LogP contribution in [0.25, 0.3) is 0 Å². The first-order valence-corrected chi connectivity index (χ1v) is 8.21. The summed E-state index contributed by atoms with van der Waals surface area (Å²) in [4.78, 5) is 12.1. The largest absolute Gasteiger partial charge is 0.382 e. The number of carbonyl (C=O) groups is 1. The number of hydrogen-bond donors (Lipinski definition) is 3. The molecule has 1 amide bonds. The highest BCUT2D eigenvalue weighted by molar-refractivity contribution is 7.89. The molecule has 2 atom stereocenters. The molecule has 7 heteroatoms. The van der Waals surface area contributed by atoms with Crippen molar-refractivity contribution in [3.05, 3.63) is 29.8 Å². The number of nitrogens with one attached hydrogen (secondary N) is 2. The molecular formula is C13H19N3O3S. The van der Waals surface area contributed by atoms with Crippen LogP contribution in [0.2, 0.25) is 0 Å². The molecule has 0 radical (unpaired) electrons. The maximum absolute atomic E-state index is 12.1. The van der Waals surface area contributed by atoms with Crippen LogP contribution in [-0.2, 0) is 21.2 Å². The summed E-state index contributed by atoms with van der Waals surface area (Å²) in [7, 11) is -3.54. The van der Waals surface area contributed by atoms with Crippen LogP contribution in [0, 0.1) is 5.92 Å². The molecule has 0 saturated heterocycles. The summed E-state index contributed by atoms with van der Waals surface area (Å²) in [5.74, 6) is -0.613. The van der Waals surface area contributed by atoms with Crippen molar-refractivity contribution < 1.29 is 13.2 Å². The lowest BCUT2D eigenvalue weighted by Crippen LogP contribution is -2.44. The highest BCUT2D eigenvalue weighted by atomic mass is 32.2. The molecule has 4 N–H and O–H groups in total. The van der Waals surface area contributed by atoms with Gasteiger partial charge < -0.3 is 10.6 Å². The van der Waals surface area contributed by atoms with Crippen LogP contribution in [-0.4, -0.2) is 32.7 Å². The Morgan fingerprint density at radius 2 is 2.15 bits per heavy atom. The third kappa shape index (κ3) is 3.71. The van der Waals surface area contributed by atoms with Gasteiger partial charge in [-0.1, -0.05) is 18.2 Å². The highest BCUT2D eigenvalue weighted by Crippen LogP contribution is 2.28. The summed E-state index contributed by atoms with van der Waals surface area (Å²) in [6.07, 6.45) is 0.644. The molecule has 0 spiro atoms. The van der Waals surface area contributed by atoms with Gasteiger partial charge in [0.25, 0.3) is 0 Å². The SMILES string of the molecule is CC1Nc2ccccc2CC1C(=O)NCCS(N)(=O)=O. The lowest BCUT2D eigenvalue weighted by atomic mass is 9.87. The number of sulfonamides is 1. The number of hydrogen-bond acceptors (Lipinski definition) is 4. The fourth-order valence-corrected chi connectivity index (χ4v) is 2.75. The van der Waals surface area contributed by atoms with E-state index < -0.39 is 10.0 Å². The molecule has 1 aromatic rings. The number of amides is 1. The minimum absolute atomic E-state index is 0.000571. The molecule has 0 saturated carbocycles. The average molecular weight is 297 g/mol. The first-order valence-electron chi connectivity index (χ1n) is 6.49. The number of anilines is 1. The summed E-state index contributed by atoms with van der Waals surface area (Å²) in [5.41, 5.74) is 2.14. The quantitative estimate of drug-likeness (QED) is 0.731. The van der Waals surface area contributed by atoms with E-state index in [4.69, 9.17) is 5.14 Å². The van der Waals surface area contributed by atoms with Crippen LogP contribution in [0.3, 0.4) is 0 Å². The first kappa shape index (κ1) is 14.8. The van der Waals surface area contributed by atoms with Crippen molar-refractivity contribution in [2.45, 2.75) is 19.4 Å². The van der Waals surface area contributed by atoms with Gasteiger partial charge in [-0.15, -0.1) is 0 Å². The summed E-state index contributed by atoms with van der Waals surface area (Å²) < 4.78 is 21.7. The Bertz CT molecular complexity index is 601. The number of benzene rings is 1. The molecule has 110 valence electrons. The summed E-state index contributed by atoms with van der Waals surface area (Å²) >= 11 is 0. The molecule has 0 fully saturated rings. The van der Waals surface area contributed by atoms with E-state index in [0.717, 1.165) is 11.3 Å². The predicted molar refractivity (Wildman–Crippen MR) is 77.7 cm³/mol. The fourth-order valence-electron chi connectivity index (χ4n) is 2.37. The Kier molecular flexibility index (Phi) is 4.29. The summed E-state index contributed by atoms with van der Waals surface area (Å²) in [5, 5.41) is 10.8. The van der Waals surface area contributed by atoms with Crippen LogP contribution in [0.5, 0.6) is 0 Å². The molecule has 2 unspecified atom stereocenters. The van der Waals surface area contributed by atoms with Gasteiger partial charge >= 0.3 is 0 Å². The van der Waals surface area contributed by atoms with Gasteiger partial charge in [-0.3, -0.25) is 4.79 Å². The standard InChI is InChI=1S/C13H19N3O3S/c1-9-11(13(17)15-6-7-20(14,18)19)8-10-4-2-3-5-12(10)16-9/h2-5,9,11,16H,6-8H2,1H3,(H,15,17)(H2,14,18,19). The Morgan fingerprint density at radius 3 is 2.85 bits per heavy atom. The minimum atomic E-state index is -3.54. The molecule has 2 rings (SSSR count). The topological polar surface area (TPSA) is 101 Å². The molecule has 1 aromatic carbocycles. The fraction of sp³-hybridized carbons (Fsp3) is 0.462. The molecule has 0 aliphatic carbocycles. The number of primary sulfonamides is 1. The molecule has 1 heterocycles. The smallest absolute Gasteiger partial charge is 0.225 e. The van der Waals surface area contributed by atoms with E-state index in [0.29, 0.717) is 6.42 Å². The van der Waals surface area contributed by atoms with Gasteiger partial charge in [-0.25, -0.2) is 13.6 Å². The van der Waals surface area contributed by atoms with E-state index in [1.165, 1.54) is 0 Å². The third-order valence-electron chi connectivity index (χ3n) is 3.47. The van der Waals surface area contributed by atoms with Crippen LogP contribution in [0.1, 0.15) is 12.5 Å². The van der Waals surface area contributed by atoms with Crippen molar-refractivity contribution >= 4 is 21.6 Å². The maximum Gasteiger partial charge on any atom is 0.225 e. The van der Waals surface area contributed by atoms with E-state index in [2.05, 4.69) is 10.6 Å². The second-order valence-electron chi connectivity index (χ2n) is 5.06. The zero-order valence-electron chi connectivity index (χ0n) is 11.3. The van der Waals surface area contributed by atoms with Gasteiger partial charge in [0.1, 0.15) is 0 Å². The van der Waals surface area contributed by atoms with Gasteiger partial charge in [0.15, 0.2) is 0 Å². The summed E-state index contributed by atoms with van der Waals surface area (Å²) in [6.45, 7) is 1.99. The Labute approximate surface area is 118 Å². The van der Waals surface area contributed by atoms with Crippen LogP contribution in [0.4, 0.5) is 5.69 Å². The van der Waals surface area contributed by atoms with E-state index in [-0.39, 0.29) is 30.2 Å². The molecule has 20 heavy (non-hydrogen) atoms. The third-order valence-corrected chi connectivity index (χ3v) is 4.24. The van der Waals surface area contributed by atoms with Gasteiger partial charge in [0.05, 0.1) is 11.7 Å².